The number of hydrogen-bond donors (Lipinski definition) is 0. The van der Waals surface area contributed by atoms with Crippen molar-refractivity contribution in [1.29, 1.82) is 0 Å². The summed E-state index contributed by atoms with van der Waals surface area (Å²) in [5, 5.41) is 2.17. The van der Waals surface area contributed by atoms with E-state index in [1.54, 1.807) is 6.33 Å². The van der Waals surface area contributed by atoms with E-state index in [0.29, 0.717) is 11.5 Å². The Kier molecular flexibility index (Phi) is 12.5. The molecule has 4 aromatic heterocycles. The van der Waals surface area contributed by atoms with Crippen LogP contribution in [0.5, 0.6) is 11.5 Å². The summed E-state index contributed by atoms with van der Waals surface area (Å²) in [6.45, 7) is 6.68. The number of fused-ring (bicyclic) bond motifs is 10. The molecule has 394 valence electrons. The maximum atomic E-state index is 6.94. The number of ether oxygens (including phenoxy) is 1. The standard InChI is InChI=1S/C74H50N6O.Pt/c1-74(2,3)51-41-42-75-67(43-51)80-65-36-18-17-33-60(65)61-38-37-54(45-66(61)80)81-53-28-19-27-52(44-53)78-47-79-71-55(48-21-7-4-8-22-48)34-20-35-62(71)58-31-15-13-29-56(58)57-30-14-16-32-59(57)63-39-40-64(73(78)72(63)79)68-69(49-23-9-5-10-24-49)76-46-77-70(68)50-25-11-6-12-26-50;/h4-43,46H,1-3H3;/q-2;. The summed E-state index contributed by atoms with van der Waals surface area (Å²) in [5.41, 5.74) is 20.7. The van der Waals surface area contributed by atoms with Crippen LogP contribution in [0.15, 0.2) is 249 Å². The Bertz CT molecular complexity index is 4710. The van der Waals surface area contributed by atoms with E-state index in [0.717, 1.165) is 128 Å². The van der Waals surface area contributed by atoms with Crippen LogP contribution in [0.3, 0.4) is 0 Å². The van der Waals surface area contributed by atoms with Gasteiger partial charge in [-0.1, -0.05) is 214 Å². The molecular formula is C74H50N6OPt-2. The second-order valence-corrected chi connectivity index (χ2v) is 21.6. The molecule has 10 aromatic carbocycles. The molecule has 82 heavy (non-hydrogen) atoms. The van der Waals surface area contributed by atoms with Crippen molar-refractivity contribution in [2.24, 2.45) is 0 Å². The van der Waals surface area contributed by atoms with Gasteiger partial charge in [0.05, 0.1) is 28.1 Å². The minimum absolute atomic E-state index is 0. The van der Waals surface area contributed by atoms with Gasteiger partial charge in [0, 0.05) is 61.0 Å². The molecule has 0 saturated carbocycles. The van der Waals surface area contributed by atoms with Crippen molar-refractivity contribution in [2.75, 3.05) is 0 Å². The van der Waals surface area contributed by atoms with Crippen LogP contribution in [0.4, 0.5) is 0 Å². The summed E-state index contributed by atoms with van der Waals surface area (Å²) < 4.78 is 13.6. The number of benzene rings is 10. The molecule has 7 nitrogen and oxygen atoms in total. The third-order valence-corrected chi connectivity index (χ3v) is 15.7. The molecule has 0 aliphatic carbocycles. The second kappa shape index (κ2) is 20.4. The molecule has 0 spiro atoms. The fourth-order valence-corrected chi connectivity index (χ4v) is 11.9. The van der Waals surface area contributed by atoms with E-state index >= 15 is 0 Å². The van der Waals surface area contributed by atoms with Gasteiger partial charge in [-0.05, 0) is 90.3 Å². The van der Waals surface area contributed by atoms with Crippen LogP contribution < -0.4 is 9.30 Å². The third kappa shape index (κ3) is 8.47. The zero-order valence-electron chi connectivity index (χ0n) is 45.1. The monoisotopic (exact) mass is 1230 g/mol. The van der Waals surface area contributed by atoms with Crippen molar-refractivity contribution < 1.29 is 30.4 Å². The molecular weight excluding hydrogens is 1180 g/mol. The topological polar surface area (TPSA) is 61.6 Å². The molecule has 0 radical (unpaired) electrons. The van der Waals surface area contributed by atoms with Gasteiger partial charge in [-0.3, -0.25) is 4.57 Å². The molecule has 0 unspecified atom stereocenters. The molecule has 0 amide bonds. The van der Waals surface area contributed by atoms with Gasteiger partial charge in [0.2, 0.25) is 0 Å². The fourth-order valence-electron chi connectivity index (χ4n) is 11.9. The molecule has 0 N–H and O–H groups in total. The Balaban J connectivity index is 0.00000602. The number of aromatic nitrogens is 6. The Morgan fingerprint density at radius 3 is 1.71 bits per heavy atom. The molecule has 5 heterocycles. The van der Waals surface area contributed by atoms with Gasteiger partial charge >= 0.3 is 0 Å². The molecule has 0 saturated heterocycles. The van der Waals surface area contributed by atoms with Gasteiger partial charge in [-0.2, -0.15) is 18.2 Å². The number of para-hydroxylation sites is 2. The molecule has 1 aliphatic heterocycles. The minimum atomic E-state index is -0.0679. The average Bonchev–Trinajstić information content (AvgIpc) is 2.38. The van der Waals surface area contributed by atoms with Gasteiger partial charge in [0.25, 0.3) is 6.33 Å². The first kappa shape index (κ1) is 50.4. The van der Waals surface area contributed by atoms with E-state index in [4.69, 9.17) is 19.7 Å². The number of rotatable bonds is 8. The third-order valence-electron chi connectivity index (χ3n) is 15.7. The van der Waals surface area contributed by atoms with Crippen molar-refractivity contribution in [3.8, 4) is 107 Å². The molecule has 0 atom stereocenters. The van der Waals surface area contributed by atoms with E-state index < -0.39 is 0 Å². The van der Waals surface area contributed by atoms with Crippen LogP contribution in [-0.2, 0) is 26.5 Å². The Morgan fingerprint density at radius 2 is 1.02 bits per heavy atom. The summed E-state index contributed by atoms with van der Waals surface area (Å²) in [6.07, 6.45) is 7.65. The molecule has 8 heteroatoms. The quantitative estimate of drug-likeness (QED) is 0.112. The first-order valence-electron chi connectivity index (χ1n) is 27.3. The summed E-state index contributed by atoms with van der Waals surface area (Å²) in [4.78, 5) is 15.2. The van der Waals surface area contributed by atoms with Crippen LogP contribution >= 0.6 is 0 Å². The van der Waals surface area contributed by atoms with Crippen molar-refractivity contribution >= 4 is 32.8 Å². The first-order chi connectivity index (χ1) is 39.8. The SMILES string of the molecule is CC(C)(C)c1ccnc(-n2c3[c-]c(Oc4[c-]c(-n5[c-][n+]6c7c(ccc(-c8c(-c9ccccc9)ncnc8-c8ccccc8)c75)-c5ccccc5-c5ccccc5-c5cccc(-c7ccccc7)c5-6)ccc4)ccc3c3ccccc32)c1.[Pt]. The van der Waals surface area contributed by atoms with Gasteiger partial charge in [-0.15, -0.1) is 29.7 Å². The Hall–Kier alpha value is -9.81. The smallest absolute Gasteiger partial charge is 0.268 e. The predicted molar refractivity (Wildman–Crippen MR) is 326 cm³/mol. The van der Waals surface area contributed by atoms with Crippen LogP contribution in [0.2, 0.25) is 0 Å². The molecule has 0 fully saturated rings. The zero-order chi connectivity index (χ0) is 54.2. The number of imidazole rings is 1. The largest absolute Gasteiger partial charge is 0.510 e. The minimum Gasteiger partial charge on any atom is -0.510 e. The van der Waals surface area contributed by atoms with Gasteiger partial charge in [0.1, 0.15) is 12.1 Å². The van der Waals surface area contributed by atoms with E-state index in [1.165, 1.54) is 5.56 Å². The fraction of sp³-hybridized carbons (Fsp3) is 0.0541. The van der Waals surface area contributed by atoms with Crippen LogP contribution in [0.25, 0.3) is 128 Å². The molecule has 0 bridgehead atoms. The Labute approximate surface area is 490 Å². The number of nitrogens with zero attached hydrogens (tertiary/aromatic N) is 6. The number of pyridine rings is 1. The van der Waals surface area contributed by atoms with Gasteiger partial charge in [0.15, 0.2) is 0 Å². The average molecular weight is 1230 g/mol. The number of hydrogen-bond acceptors (Lipinski definition) is 4. The Morgan fingerprint density at radius 1 is 0.463 bits per heavy atom. The maximum absolute atomic E-state index is 6.94. The second-order valence-electron chi connectivity index (χ2n) is 21.6. The normalized spacial score (nSPS) is 11.7. The summed E-state index contributed by atoms with van der Waals surface area (Å²) in [7, 11) is 0. The van der Waals surface area contributed by atoms with Crippen molar-refractivity contribution in [3.05, 3.63) is 273 Å². The summed E-state index contributed by atoms with van der Waals surface area (Å²) >= 11 is 0. The predicted octanol–water partition coefficient (Wildman–Crippen LogP) is 17.7. The van der Waals surface area contributed by atoms with E-state index in [1.807, 2.05) is 36.5 Å². The van der Waals surface area contributed by atoms with Crippen LogP contribution in [0, 0.1) is 18.5 Å². The van der Waals surface area contributed by atoms with Crippen molar-refractivity contribution in [3.63, 3.8) is 0 Å². The van der Waals surface area contributed by atoms with Gasteiger partial charge in [-0.25, -0.2) is 15.0 Å². The van der Waals surface area contributed by atoms with Gasteiger partial charge < -0.3 is 13.9 Å². The van der Waals surface area contributed by atoms with Crippen molar-refractivity contribution in [2.45, 2.75) is 26.2 Å². The molecule has 1 aliphatic rings. The first-order valence-corrected chi connectivity index (χ1v) is 27.3. The van der Waals surface area contributed by atoms with Crippen molar-refractivity contribution in [1.82, 2.24) is 24.1 Å². The summed E-state index contributed by atoms with van der Waals surface area (Å²) in [5.74, 6) is 1.89. The maximum Gasteiger partial charge on any atom is 0.268 e. The zero-order valence-corrected chi connectivity index (χ0v) is 47.4. The molecule has 15 rings (SSSR count). The molecule has 14 aromatic rings. The van der Waals surface area contributed by atoms with Crippen LogP contribution in [0.1, 0.15) is 26.3 Å². The van der Waals surface area contributed by atoms with E-state index in [-0.39, 0.29) is 26.5 Å². The van der Waals surface area contributed by atoms with E-state index in [2.05, 4.69) is 259 Å². The van der Waals surface area contributed by atoms with E-state index in [9.17, 15) is 0 Å². The van der Waals surface area contributed by atoms with Crippen LogP contribution in [-0.4, -0.2) is 24.1 Å². The summed E-state index contributed by atoms with van der Waals surface area (Å²) in [6, 6.07) is 90.6.